The molecule has 1 aromatic carbocycles. The molecule has 0 bridgehead atoms. The number of rotatable bonds is 5. The molecule has 0 unspecified atom stereocenters. The Labute approximate surface area is 168 Å². The van der Waals surface area contributed by atoms with Gasteiger partial charge >= 0.3 is 12.1 Å². The average molecular weight is 422 g/mol. The Morgan fingerprint density at radius 1 is 1.17 bits per heavy atom. The van der Waals surface area contributed by atoms with Gasteiger partial charge in [-0.05, 0) is 50.1 Å². The van der Waals surface area contributed by atoms with E-state index in [9.17, 15) is 23.1 Å². The number of nitrogens with zero attached hydrogens (tertiary/aromatic N) is 3. The van der Waals surface area contributed by atoms with E-state index in [1.54, 1.807) is 32.2 Å². The molecule has 0 fully saturated rings. The maximum absolute atomic E-state index is 12.8. The predicted molar refractivity (Wildman–Crippen MR) is 103 cm³/mol. The van der Waals surface area contributed by atoms with Crippen LogP contribution in [0, 0.1) is 6.92 Å². The molecule has 2 aromatic heterocycles. The summed E-state index contributed by atoms with van der Waals surface area (Å²) in [5.74, 6) is -1.15. The molecular formula is C19H17F3N4O2S. The topological polar surface area (TPSA) is 88.0 Å². The molecule has 2 N–H and O–H groups in total. The second-order valence-corrected chi connectivity index (χ2v) is 7.97. The van der Waals surface area contributed by atoms with E-state index >= 15 is 0 Å². The Balaban J connectivity index is 1.92. The molecule has 0 saturated carbocycles. The third-order valence-corrected chi connectivity index (χ3v) is 5.51. The van der Waals surface area contributed by atoms with Crippen LogP contribution in [0.4, 0.5) is 24.8 Å². The number of aliphatic carboxylic acids is 1. The second-order valence-electron chi connectivity index (χ2n) is 6.94. The minimum Gasteiger partial charge on any atom is -0.481 e. The number of carbonyl (C=O) groups is 1. The Morgan fingerprint density at radius 3 is 2.55 bits per heavy atom. The van der Waals surface area contributed by atoms with Crippen molar-refractivity contribution in [1.29, 1.82) is 0 Å². The van der Waals surface area contributed by atoms with Crippen molar-refractivity contribution in [3.8, 4) is 10.4 Å². The van der Waals surface area contributed by atoms with Gasteiger partial charge in [0, 0.05) is 18.1 Å². The molecule has 0 amide bonds. The van der Waals surface area contributed by atoms with Crippen LogP contribution in [0.15, 0.2) is 36.7 Å². The Hall–Kier alpha value is -3.01. The lowest BCUT2D eigenvalue weighted by atomic mass is 9.95. The zero-order valence-electron chi connectivity index (χ0n) is 15.7. The predicted octanol–water partition coefficient (Wildman–Crippen LogP) is 5.03. The SMILES string of the molecule is Cc1cc(Nc2nccc(C(F)(F)F)n2)cc(-c2cnc(C(C)(C)C(=O)O)s2)c1. The van der Waals surface area contributed by atoms with Gasteiger partial charge in [0.15, 0.2) is 0 Å². The van der Waals surface area contributed by atoms with Gasteiger partial charge in [-0.25, -0.2) is 15.0 Å². The molecule has 10 heteroatoms. The molecule has 0 radical (unpaired) electrons. The standard InChI is InChI=1S/C19H17F3N4O2S/c1-10-6-11(13-9-24-15(29-13)18(2,3)16(27)28)8-12(7-10)25-17-23-5-4-14(26-17)19(20,21)22/h4-9H,1-3H3,(H,27,28)(H,23,25,26). The van der Waals surface area contributed by atoms with E-state index in [2.05, 4.69) is 20.3 Å². The number of alkyl halides is 3. The molecule has 0 aliphatic rings. The van der Waals surface area contributed by atoms with Gasteiger partial charge in [0.05, 0.1) is 4.88 Å². The van der Waals surface area contributed by atoms with Crippen LogP contribution in [0.25, 0.3) is 10.4 Å². The number of carboxylic acids is 1. The van der Waals surface area contributed by atoms with Gasteiger partial charge in [-0.15, -0.1) is 11.3 Å². The number of aromatic nitrogens is 3. The van der Waals surface area contributed by atoms with E-state index in [0.29, 0.717) is 10.7 Å². The highest BCUT2D eigenvalue weighted by Crippen LogP contribution is 2.35. The van der Waals surface area contributed by atoms with E-state index in [-0.39, 0.29) is 5.95 Å². The monoisotopic (exact) mass is 422 g/mol. The Kier molecular flexibility index (Phi) is 5.31. The number of carboxylic acid groups (broad SMARTS) is 1. The summed E-state index contributed by atoms with van der Waals surface area (Å²) in [6, 6.07) is 6.15. The van der Waals surface area contributed by atoms with Crippen molar-refractivity contribution in [1.82, 2.24) is 15.0 Å². The van der Waals surface area contributed by atoms with Gasteiger partial charge in [-0.3, -0.25) is 4.79 Å². The molecule has 0 saturated heterocycles. The van der Waals surface area contributed by atoms with E-state index in [1.165, 1.54) is 11.3 Å². The maximum Gasteiger partial charge on any atom is 0.433 e. The first-order valence-corrected chi connectivity index (χ1v) is 9.27. The first-order chi connectivity index (χ1) is 13.5. The highest BCUT2D eigenvalue weighted by molar-refractivity contribution is 7.15. The van der Waals surface area contributed by atoms with Crippen LogP contribution in [0.1, 0.15) is 30.1 Å². The van der Waals surface area contributed by atoms with Crippen LogP contribution in [0.5, 0.6) is 0 Å². The summed E-state index contributed by atoms with van der Waals surface area (Å²) in [5, 5.41) is 12.6. The fraction of sp³-hybridized carbons (Fsp3) is 0.263. The van der Waals surface area contributed by atoms with Crippen molar-refractivity contribution >= 4 is 28.9 Å². The summed E-state index contributed by atoms with van der Waals surface area (Å²) in [4.78, 5) is 23.8. The van der Waals surface area contributed by atoms with Crippen LogP contribution in [-0.2, 0) is 16.4 Å². The Bertz CT molecular complexity index is 1060. The van der Waals surface area contributed by atoms with Crippen molar-refractivity contribution in [2.45, 2.75) is 32.4 Å². The molecule has 0 spiro atoms. The summed E-state index contributed by atoms with van der Waals surface area (Å²) in [6.07, 6.45) is -1.94. The van der Waals surface area contributed by atoms with Crippen molar-refractivity contribution < 1.29 is 23.1 Å². The molecule has 0 aliphatic heterocycles. The molecule has 2 heterocycles. The molecule has 6 nitrogen and oxygen atoms in total. The first-order valence-electron chi connectivity index (χ1n) is 8.46. The zero-order chi connectivity index (χ0) is 21.4. The van der Waals surface area contributed by atoms with Crippen molar-refractivity contribution in [3.63, 3.8) is 0 Å². The number of anilines is 2. The van der Waals surface area contributed by atoms with Crippen LogP contribution in [0.2, 0.25) is 0 Å². The Morgan fingerprint density at radius 2 is 1.90 bits per heavy atom. The van der Waals surface area contributed by atoms with Crippen molar-refractivity contribution in [2.75, 3.05) is 5.32 Å². The second kappa shape index (κ2) is 7.43. The smallest absolute Gasteiger partial charge is 0.433 e. The molecule has 152 valence electrons. The highest BCUT2D eigenvalue weighted by atomic mass is 32.1. The number of halogens is 3. The maximum atomic E-state index is 12.8. The molecule has 3 rings (SSSR count). The first kappa shape index (κ1) is 20.7. The number of hydrogen-bond acceptors (Lipinski definition) is 6. The lowest BCUT2D eigenvalue weighted by Crippen LogP contribution is -2.28. The molecule has 3 aromatic rings. The summed E-state index contributed by atoms with van der Waals surface area (Å²) < 4.78 is 38.5. The largest absolute Gasteiger partial charge is 0.481 e. The van der Waals surface area contributed by atoms with E-state index in [4.69, 9.17) is 0 Å². The molecule has 0 aliphatic carbocycles. The zero-order valence-corrected chi connectivity index (χ0v) is 16.5. The third-order valence-electron chi connectivity index (χ3n) is 4.14. The van der Waals surface area contributed by atoms with Gasteiger partial charge < -0.3 is 10.4 Å². The fourth-order valence-electron chi connectivity index (χ4n) is 2.49. The van der Waals surface area contributed by atoms with Gasteiger partial charge in [-0.2, -0.15) is 13.2 Å². The number of nitrogens with one attached hydrogen (secondary N) is 1. The lowest BCUT2D eigenvalue weighted by Gasteiger charge is -2.15. The summed E-state index contributed by atoms with van der Waals surface area (Å²) in [7, 11) is 0. The summed E-state index contributed by atoms with van der Waals surface area (Å²) in [5.41, 5.74) is -0.0499. The number of hydrogen-bond donors (Lipinski definition) is 2. The fourth-order valence-corrected chi connectivity index (χ4v) is 3.49. The van der Waals surface area contributed by atoms with E-state index < -0.39 is 23.3 Å². The normalized spacial score (nSPS) is 12.1. The van der Waals surface area contributed by atoms with Gasteiger partial charge in [-0.1, -0.05) is 6.07 Å². The van der Waals surface area contributed by atoms with Gasteiger partial charge in [0.25, 0.3) is 0 Å². The minimum absolute atomic E-state index is 0.173. The quantitative estimate of drug-likeness (QED) is 0.599. The number of benzene rings is 1. The van der Waals surface area contributed by atoms with Gasteiger partial charge in [0.2, 0.25) is 5.95 Å². The average Bonchev–Trinajstić information content (AvgIpc) is 3.11. The third kappa shape index (κ3) is 4.53. The van der Waals surface area contributed by atoms with Crippen molar-refractivity contribution in [3.05, 3.63) is 52.9 Å². The van der Waals surface area contributed by atoms with E-state index in [1.807, 2.05) is 13.0 Å². The number of thiazole rings is 1. The van der Waals surface area contributed by atoms with Crippen LogP contribution >= 0.6 is 11.3 Å². The molecular weight excluding hydrogens is 405 g/mol. The summed E-state index contributed by atoms with van der Waals surface area (Å²) in [6.45, 7) is 4.99. The van der Waals surface area contributed by atoms with Crippen LogP contribution in [-0.4, -0.2) is 26.0 Å². The minimum atomic E-state index is -4.56. The van der Waals surface area contributed by atoms with Crippen LogP contribution < -0.4 is 5.32 Å². The van der Waals surface area contributed by atoms with E-state index in [0.717, 1.165) is 28.3 Å². The number of aryl methyl sites for hydroxylation is 1. The van der Waals surface area contributed by atoms with Crippen LogP contribution in [0.3, 0.4) is 0 Å². The summed E-state index contributed by atoms with van der Waals surface area (Å²) >= 11 is 1.25. The molecule has 0 atom stereocenters. The van der Waals surface area contributed by atoms with Gasteiger partial charge in [0.1, 0.15) is 16.1 Å². The molecule has 29 heavy (non-hydrogen) atoms. The lowest BCUT2D eigenvalue weighted by molar-refractivity contribution is -0.142. The highest BCUT2D eigenvalue weighted by Gasteiger charge is 2.33. The van der Waals surface area contributed by atoms with Crippen molar-refractivity contribution in [2.24, 2.45) is 0 Å².